The van der Waals surface area contributed by atoms with Crippen molar-refractivity contribution in [3.05, 3.63) is 28.5 Å². The Morgan fingerprint density at radius 3 is 2.73 bits per heavy atom. The minimum absolute atomic E-state index is 0.0750. The highest BCUT2D eigenvalue weighted by molar-refractivity contribution is 7.80. The van der Waals surface area contributed by atoms with Crippen LogP contribution in [0.4, 0.5) is 4.39 Å². The first-order valence-corrected chi connectivity index (χ1v) is 3.56. The van der Waals surface area contributed by atoms with Gasteiger partial charge in [0.25, 0.3) is 0 Å². The molecule has 1 nitrogen and oxygen atoms in total. The molecule has 0 atom stereocenters. The second-order valence-corrected chi connectivity index (χ2v) is 2.82. The number of halogens is 2. The Balaban J connectivity index is 3.39. The summed E-state index contributed by atoms with van der Waals surface area (Å²) >= 11 is 9.35. The monoisotopic (exact) mass is 187 g/mol. The van der Waals surface area contributed by atoms with E-state index in [0.29, 0.717) is 4.90 Å². The molecule has 0 N–H and O–H groups in total. The second kappa shape index (κ2) is 3.12. The van der Waals surface area contributed by atoms with Crippen LogP contribution in [-0.4, -0.2) is 0 Å². The standard InChI is InChI=1S/C7H3ClFNS/c8-6-2-5(11)1-4(3-10)7(6)9/h1-2,11H. The van der Waals surface area contributed by atoms with Crippen molar-refractivity contribution in [2.75, 3.05) is 0 Å². The fourth-order valence-corrected chi connectivity index (χ4v) is 1.21. The van der Waals surface area contributed by atoms with Crippen LogP contribution in [0.3, 0.4) is 0 Å². The molecule has 11 heavy (non-hydrogen) atoms. The van der Waals surface area contributed by atoms with E-state index in [0.717, 1.165) is 0 Å². The van der Waals surface area contributed by atoms with Crippen molar-refractivity contribution in [3.63, 3.8) is 0 Å². The van der Waals surface area contributed by atoms with E-state index in [9.17, 15) is 4.39 Å². The van der Waals surface area contributed by atoms with Crippen molar-refractivity contribution in [2.45, 2.75) is 4.90 Å². The summed E-state index contributed by atoms with van der Waals surface area (Å²) in [6.45, 7) is 0. The minimum atomic E-state index is -0.688. The number of thiol groups is 1. The molecule has 0 aliphatic heterocycles. The molecule has 0 aliphatic carbocycles. The largest absolute Gasteiger partial charge is 0.204 e. The van der Waals surface area contributed by atoms with E-state index >= 15 is 0 Å². The maximum atomic E-state index is 12.8. The van der Waals surface area contributed by atoms with Gasteiger partial charge in [0.15, 0.2) is 5.82 Å². The van der Waals surface area contributed by atoms with Gasteiger partial charge in [-0.2, -0.15) is 5.26 Å². The Kier molecular flexibility index (Phi) is 2.38. The first kappa shape index (κ1) is 8.38. The van der Waals surface area contributed by atoms with Gasteiger partial charge >= 0.3 is 0 Å². The van der Waals surface area contributed by atoms with Crippen LogP contribution in [0.25, 0.3) is 0 Å². The fourth-order valence-electron chi connectivity index (χ4n) is 0.656. The molecule has 4 heteroatoms. The van der Waals surface area contributed by atoms with Gasteiger partial charge in [-0.05, 0) is 12.1 Å². The summed E-state index contributed by atoms with van der Waals surface area (Å²) in [6.07, 6.45) is 0. The molecule has 0 amide bonds. The zero-order valence-electron chi connectivity index (χ0n) is 5.31. The van der Waals surface area contributed by atoms with Crippen LogP contribution < -0.4 is 0 Å². The fraction of sp³-hybridized carbons (Fsp3) is 0. The Morgan fingerprint density at radius 1 is 1.55 bits per heavy atom. The van der Waals surface area contributed by atoms with Gasteiger partial charge in [-0.3, -0.25) is 0 Å². The number of hydrogen-bond donors (Lipinski definition) is 1. The van der Waals surface area contributed by atoms with E-state index in [2.05, 4.69) is 12.6 Å². The summed E-state index contributed by atoms with van der Waals surface area (Å²) in [4.78, 5) is 0.480. The first-order valence-electron chi connectivity index (χ1n) is 2.73. The minimum Gasteiger partial charge on any atom is -0.204 e. The average Bonchev–Trinajstić information content (AvgIpc) is 1.96. The summed E-state index contributed by atoms with van der Waals surface area (Å²) in [5, 5.41) is 8.31. The molecule has 0 fully saturated rings. The van der Waals surface area contributed by atoms with Gasteiger partial charge in [0.2, 0.25) is 0 Å². The lowest BCUT2D eigenvalue weighted by molar-refractivity contribution is 0.623. The quantitative estimate of drug-likeness (QED) is 0.621. The number of nitrogens with zero attached hydrogens (tertiary/aromatic N) is 1. The average molecular weight is 188 g/mol. The first-order chi connectivity index (χ1) is 5.15. The lowest BCUT2D eigenvalue weighted by Gasteiger charge is -1.97. The van der Waals surface area contributed by atoms with Crippen LogP contribution in [-0.2, 0) is 0 Å². The van der Waals surface area contributed by atoms with Gasteiger partial charge in [-0.25, -0.2) is 4.39 Å². The van der Waals surface area contributed by atoms with Crippen LogP contribution in [0.15, 0.2) is 17.0 Å². The number of rotatable bonds is 0. The van der Waals surface area contributed by atoms with Crippen LogP contribution >= 0.6 is 24.2 Å². The molecule has 1 rings (SSSR count). The predicted octanol–water partition coefficient (Wildman–Crippen LogP) is 2.64. The molecule has 1 aromatic rings. The van der Waals surface area contributed by atoms with Gasteiger partial charge in [0, 0.05) is 4.90 Å². The Bertz CT molecular complexity index is 332. The summed E-state index contributed by atoms with van der Waals surface area (Å²) in [6, 6.07) is 4.34. The third kappa shape index (κ3) is 1.65. The van der Waals surface area contributed by atoms with E-state index in [-0.39, 0.29) is 10.6 Å². The zero-order valence-corrected chi connectivity index (χ0v) is 6.96. The lowest BCUT2D eigenvalue weighted by atomic mass is 10.2. The molecule has 0 saturated heterocycles. The van der Waals surface area contributed by atoms with Crippen molar-refractivity contribution in [2.24, 2.45) is 0 Å². The highest BCUT2D eigenvalue weighted by Crippen LogP contribution is 2.21. The molecular weight excluding hydrogens is 185 g/mol. The second-order valence-electron chi connectivity index (χ2n) is 1.90. The van der Waals surface area contributed by atoms with E-state index in [1.54, 1.807) is 6.07 Å². The van der Waals surface area contributed by atoms with Gasteiger partial charge in [-0.1, -0.05) is 11.6 Å². The summed E-state index contributed by atoms with van der Waals surface area (Å²) in [7, 11) is 0. The smallest absolute Gasteiger partial charge is 0.159 e. The molecule has 0 spiro atoms. The summed E-state index contributed by atoms with van der Waals surface area (Å²) < 4.78 is 12.8. The van der Waals surface area contributed by atoms with Crippen molar-refractivity contribution < 1.29 is 4.39 Å². The number of hydrogen-bond acceptors (Lipinski definition) is 2. The molecule has 56 valence electrons. The third-order valence-electron chi connectivity index (χ3n) is 1.13. The Morgan fingerprint density at radius 2 is 2.18 bits per heavy atom. The van der Waals surface area contributed by atoms with Gasteiger partial charge in [0.05, 0.1) is 10.6 Å². The van der Waals surface area contributed by atoms with Crippen LogP contribution in [0.1, 0.15) is 5.56 Å². The van der Waals surface area contributed by atoms with E-state index in [1.807, 2.05) is 0 Å². The zero-order chi connectivity index (χ0) is 8.43. The van der Waals surface area contributed by atoms with Gasteiger partial charge in [-0.15, -0.1) is 12.6 Å². The molecule has 0 saturated carbocycles. The van der Waals surface area contributed by atoms with Crippen molar-refractivity contribution >= 4 is 24.2 Å². The molecule has 0 unspecified atom stereocenters. The number of benzene rings is 1. The van der Waals surface area contributed by atoms with Crippen LogP contribution in [0.5, 0.6) is 0 Å². The van der Waals surface area contributed by atoms with Gasteiger partial charge < -0.3 is 0 Å². The maximum absolute atomic E-state index is 12.8. The molecule has 0 aromatic heterocycles. The molecule has 0 heterocycles. The molecule has 0 radical (unpaired) electrons. The maximum Gasteiger partial charge on any atom is 0.159 e. The molecular formula is C7H3ClFNS. The van der Waals surface area contributed by atoms with E-state index < -0.39 is 5.82 Å². The predicted molar refractivity (Wildman–Crippen MR) is 43.4 cm³/mol. The van der Waals surface area contributed by atoms with Crippen molar-refractivity contribution in [1.82, 2.24) is 0 Å². The molecule has 0 bridgehead atoms. The van der Waals surface area contributed by atoms with E-state index in [1.165, 1.54) is 12.1 Å². The summed E-state index contributed by atoms with van der Waals surface area (Å²) in [5.41, 5.74) is -0.0810. The third-order valence-corrected chi connectivity index (χ3v) is 1.67. The Labute approximate surface area is 73.8 Å². The number of nitriles is 1. The van der Waals surface area contributed by atoms with Crippen molar-refractivity contribution in [1.29, 1.82) is 5.26 Å². The van der Waals surface area contributed by atoms with Crippen LogP contribution in [0.2, 0.25) is 5.02 Å². The Hall–Kier alpha value is -0.720. The van der Waals surface area contributed by atoms with Crippen LogP contribution in [0, 0.1) is 17.1 Å². The molecule has 0 aliphatic rings. The van der Waals surface area contributed by atoms with E-state index in [4.69, 9.17) is 16.9 Å². The topological polar surface area (TPSA) is 23.8 Å². The van der Waals surface area contributed by atoms with Crippen molar-refractivity contribution in [3.8, 4) is 6.07 Å². The highest BCUT2D eigenvalue weighted by Gasteiger charge is 2.06. The molecule has 1 aromatic carbocycles. The lowest BCUT2D eigenvalue weighted by Crippen LogP contribution is -1.84. The van der Waals surface area contributed by atoms with Gasteiger partial charge in [0.1, 0.15) is 6.07 Å². The highest BCUT2D eigenvalue weighted by atomic mass is 35.5. The SMILES string of the molecule is N#Cc1cc(S)cc(Cl)c1F. The summed E-state index contributed by atoms with van der Waals surface area (Å²) in [5.74, 6) is -0.688. The normalized spacial score (nSPS) is 9.27.